The molecule has 0 saturated heterocycles. The van der Waals surface area contributed by atoms with Crippen LogP contribution >= 0.6 is 0 Å². The van der Waals surface area contributed by atoms with E-state index in [1.54, 1.807) is 6.08 Å². The summed E-state index contributed by atoms with van der Waals surface area (Å²) in [7, 11) is 0. The van der Waals surface area contributed by atoms with Gasteiger partial charge in [0.15, 0.2) is 0 Å². The van der Waals surface area contributed by atoms with E-state index in [4.69, 9.17) is 0 Å². The second-order valence-electron chi connectivity index (χ2n) is 12.2. The van der Waals surface area contributed by atoms with E-state index in [0.717, 1.165) is 70.1 Å². The fourth-order valence-corrected chi connectivity index (χ4v) is 6.92. The molecule has 0 saturated carbocycles. The highest BCUT2D eigenvalue weighted by Gasteiger charge is 2.23. The van der Waals surface area contributed by atoms with E-state index < -0.39 is 0 Å². The fourth-order valence-electron chi connectivity index (χ4n) is 6.92. The third-order valence-corrected chi connectivity index (χ3v) is 9.25. The van der Waals surface area contributed by atoms with E-state index in [9.17, 15) is 5.11 Å². The molecule has 0 bridgehead atoms. The maximum Gasteiger partial charge on any atom is 0.0791 e. The highest BCUT2D eigenvalue weighted by Crippen LogP contribution is 2.44. The number of benzene rings is 4. The average Bonchev–Trinajstić information content (AvgIpc) is 3.50. The van der Waals surface area contributed by atoms with Crippen molar-refractivity contribution in [3.63, 3.8) is 0 Å². The lowest BCUT2D eigenvalue weighted by atomic mass is 9.82. The number of fused-ring (bicyclic) bond motifs is 3. The minimum atomic E-state index is 0.875. The fraction of sp³-hybridized carbons (Fsp3) is 0.0833. The van der Waals surface area contributed by atoms with Crippen molar-refractivity contribution in [1.29, 1.82) is 0 Å². The van der Waals surface area contributed by atoms with E-state index in [-0.39, 0.29) is 0 Å². The van der Waals surface area contributed by atoms with Crippen LogP contribution in [0.3, 0.4) is 0 Å². The standard InChI is InChI=1S/C48H42O/c1-5-17-37-30-38(24-23-34(37)6-2)39-25-27-44-41(31-39)33-42-32-40(26-28-45(42)44)47-21-12-10-9-11-18-35(7-3)43(8-4)48(47)46-22-14-13-19-36(46)20-15-16-29-49/h5-8,10,12-32,49H,2-4,9,11,33H2,1H3/b12-10-,17-5-,20-15-,29-16+,35-18?,47-21+,48-43-. The summed E-state index contributed by atoms with van der Waals surface area (Å²) in [4.78, 5) is 0. The van der Waals surface area contributed by atoms with Crippen molar-refractivity contribution in [3.8, 4) is 22.3 Å². The number of rotatable bonds is 9. The summed E-state index contributed by atoms with van der Waals surface area (Å²) in [5.41, 5.74) is 17.6. The molecule has 4 aromatic rings. The number of hydrogen-bond donors (Lipinski definition) is 1. The second kappa shape index (κ2) is 15.3. The first-order chi connectivity index (χ1) is 24.1. The zero-order chi connectivity index (χ0) is 34.2. The van der Waals surface area contributed by atoms with Gasteiger partial charge >= 0.3 is 0 Å². The molecule has 6 rings (SSSR count). The highest BCUT2D eigenvalue weighted by atomic mass is 16.2. The topological polar surface area (TPSA) is 20.2 Å². The van der Waals surface area contributed by atoms with Crippen molar-refractivity contribution < 1.29 is 5.11 Å². The summed E-state index contributed by atoms with van der Waals surface area (Å²) in [6.45, 7) is 14.5. The first-order valence-corrected chi connectivity index (χ1v) is 16.9. The van der Waals surface area contributed by atoms with Crippen LogP contribution in [-0.2, 0) is 6.42 Å². The number of aliphatic hydroxyl groups is 1. The van der Waals surface area contributed by atoms with Gasteiger partial charge in [-0.1, -0.05) is 159 Å². The maximum absolute atomic E-state index is 9.30. The molecular weight excluding hydrogens is 593 g/mol. The van der Waals surface area contributed by atoms with Gasteiger partial charge in [-0.2, -0.15) is 0 Å². The molecule has 1 N–H and O–H groups in total. The molecule has 1 nitrogen and oxygen atoms in total. The van der Waals surface area contributed by atoms with Gasteiger partial charge in [-0.25, -0.2) is 0 Å². The predicted octanol–water partition coefficient (Wildman–Crippen LogP) is 13.2. The third kappa shape index (κ3) is 6.89. The van der Waals surface area contributed by atoms with Crippen molar-refractivity contribution in [2.45, 2.75) is 26.2 Å². The van der Waals surface area contributed by atoms with Gasteiger partial charge in [0.05, 0.1) is 6.26 Å². The zero-order valence-corrected chi connectivity index (χ0v) is 28.2. The number of aliphatic hydroxyl groups excluding tert-OH is 1. The molecule has 0 amide bonds. The SMILES string of the molecule is C=CC1=CCC\C=C/C=C(c2ccc3c(c2)Cc2cc(-c4ccc(C=C)c(/C=C\C)c4)ccc2-3)/C(c2ccccc2/C=C\C=C\O)=C\1C=C. The van der Waals surface area contributed by atoms with Crippen molar-refractivity contribution in [3.05, 3.63) is 210 Å². The van der Waals surface area contributed by atoms with Gasteiger partial charge in [0.1, 0.15) is 0 Å². The quantitative estimate of drug-likeness (QED) is 0.126. The largest absolute Gasteiger partial charge is 0.516 e. The first-order valence-electron chi connectivity index (χ1n) is 16.9. The van der Waals surface area contributed by atoms with Crippen LogP contribution in [0.15, 0.2) is 171 Å². The van der Waals surface area contributed by atoms with Gasteiger partial charge < -0.3 is 5.11 Å². The van der Waals surface area contributed by atoms with E-state index >= 15 is 0 Å². The molecular formula is C48H42O. The molecule has 0 radical (unpaired) electrons. The van der Waals surface area contributed by atoms with Gasteiger partial charge in [-0.3, -0.25) is 0 Å². The summed E-state index contributed by atoms with van der Waals surface area (Å²) in [6, 6.07) is 28.8. The summed E-state index contributed by atoms with van der Waals surface area (Å²) in [6.07, 6.45) is 28.3. The van der Waals surface area contributed by atoms with Crippen LogP contribution in [0.2, 0.25) is 0 Å². The Labute approximate surface area is 291 Å². The van der Waals surface area contributed by atoms with Crippen LogP contribution in [0.4, 0.5) is 0 Å². The van der Waals surface area contributed by atoms with Crippen molar-refractivity contribution in [1.82, 2.24) is 0 Å². The molecule has 0 unspecified atom stereocenters. The number of hydrogen-bond acceptors (Lipinski definition) is 1. The van der Waals surface area contributed by atoms with Gasteiger partial charge in [0, 0.05) is 0 Å². The maximum atomic E-state index is 9.30. The van der Waals surface area contributed by atoms with Crippen LogP contribution in [0.5, 0.6) is 0 Å². The second-order valence-corrected chi connectivity index (χ2v) is 12.2. The monoisotopic (exact) mass is 634 g/mol. The molecule has 0 heterocycles. The molecule has 240 valence electrons. The Bertz CT molecular complexity index is 2150. The normalized spacial score (nSPS) is 17.7. The molecule has 0 aromatic heterocycles. The van der Waals surface area contributed by atoms with Crippen LogP contribution in [0.1, 0.15) is 58.7 Å². The Hall–Kier alpha value is -5.92. The van der Waals surface area contributed by atoms with E-state index in [2.05, 4.69) is 129 Å². The van der Waals surface area contributed by atoms with Crippen LogP contribution in [0, 0.1) is 0 Å². The summed E-state index contributed by atoms with van der Waals surface area (Å²) in [5.74, 6) is 0. The average molecular weight is 635 g/mol. The van der Waals surface area contributed by atoms with Crippen molar-refractivity contribution in [2.24, 2.45) is 0 Å². The van der Waals surface area contributed by atoms with Crippen molar-refractivity contribution >= 4 is 29.4 Å². The van der Waals surface area contributed by atoms with E-state index in [1.807, 2.05) is 43.4 Å². The zero-order valence-electron chi connectivity index (χ0n) is 28.2. The number of allylic oxidation sites excluding steroid dienone is 13. The van der Waals surface area contributed by atoms with Gasteiger partial charge in [-0.15, -0.1) is 0 Å². The van der Waals surface area contributed by atoms with Crippen LogP contribution in [0.25, 0.3) is 51.6 Å². The molecule has 0 spiro atoms. The van der Waals surface area contributed by atoms with Crippen LogP contribution in [-0.4, -0.2) is 5.11 Å². The summed E-state index contributed by atoms with van der Waals surface area (Å²) >= 11 is 0. The molecule has 0 atom stereocenters. The Morgan fingerprint density at radius 2 is 1.39 bits per heavy atom. The molecule has 4 aromatic carbocycles. The molecule has 0 fully saturated rings. The van der Waals surface area contributed by atoms with Crippen molar-refractivity contribution in [2.75, 3.05) is 0 Å². The lowest BCUT2D eigenvalue weighted by Crippen LogP contribution is -2.00. The Balaban J connectivity index is 1.47. The molecule has 49 heavy (non-hydrogen) atoms. The Morgan fingerprint density at radius 1 is 0.653 bits per heavy atom. The van der Waals surface area contributed by atoms with Crippen LogP contribution < -0.4 is 0 Å². The predicted molar refractivity (Wildman–Crippen MR) is 214 cm³/mol. The highest BCUT2D eigenvalue weighted by molar-refractivity contribution is 6.10. The molecule has 2 aliphatic carbocycles. The van der Waals surface area contributed by atoms with E-state index in [1.165, 1.54) is 38.9 Å². The Morgan fingerprint density at radius 3 is 2.12 bits per heavy atom. The summed E-state index contributed by atoms with van der Waals surface area (Å²) < 4.78 is 0. The van der Waals surface area contributed by atoms with Gasteiger partial charge in [-0.05, 0) is 122 Å². The minimum Gasteiger partial charge on any atom is -0.516 e. The molecule has 2 aliphatic rings. The van der Waals surface area contributed by atoms with Gasteiger partial charge in [0.25, 0.3) is 0 Å². The Kier molecular flexibility index (Phi) is 10.3. The molecule has 1 heteroatoms. The lowest BCUT2D eigenvalue weighted by Gasteiger charge is -2.21. The third-order valence-electron chi connectivity index (χ3n) is 9.25. The summed E-state index contributed by atoms with van der Waals surface area (Å²) in [5, 5.41) is 9.30. The lowest BCUT2D eigenvalue weighted by molar-refractivity contribution is 0.474. The smallest absolute Gasteiger partial charge is 0.0791 e. The molecule has 0 aliphatic heterocycles. The van der Waals surface area contributed by atoms with E-state index in [0.29, 0.717) is 0 Å². The minimum absolute atomic E-state index is 0.875. The van der Waals surface area contributed by atoms with Gasteiger partial charge in [0.2, 0.25) is 0 Å². The first kappa shape index (κ1) is 33.0.